The summed E-state index contributed by atoms with van der Waals surface area (Å²) in [6.45, 7) is 0. The van der Waals surface area contributed by atoms with Crippen LogP contribution in [0.1, 0.15) is 10.4 Å². The van der Waals surface area contributed by atoms with Gasteiger partial charge in [-0.25, -0.2) is 4.39 Å². The molecule has 0 aliphatic carbocycles. The number of rotatable bonds is 2. The largest absolute Gasteiger partial charge is 0.362 e. The van der Waals surface area contributed by atoms with Gasteiger partial charge in [0.2, 0.25) is 12.1 Å². The summed E-state index contributed by atoms with van der Waals surface area (Å²) in [5.74, 6) is -1.31. The predicted molar refractivity (Wildman–Crippen MR) is 39.0 cm³/mol. The third kappa shape index (κ3) is 1.87. The Morgan fingerprint density at radius 1 is 1.25 bits per heavy atom. The first-order valence-electron chi connectivity index (χ1n) is 3.27. The maximum atomic E-state index is 12.3. The summed E-state index contributed by atoms with van der Waals surface area (Å²) in [6.07, 6.45) is -2.03. The lowest BCUT2D eigenvalue weighted by molar-refractivity contribution is -0.0195. The van der Waals surface area contributed by atoms with Crippen LogP contribution in [-0.4, -0.2) is 22.3 Å². The van der Waals surface area contributed by atoms with E-state index in [9.17, 15) is 9.18 Å². The Hall–Kier alpha value is -1.26. The average Bonchev–Trinajstić information content (AvgIpc) is 2.04. The molecule has 1 aromatic rings. The molecule has 1 rings (SSSR count). The zero-order valence-electron chi connectivity index (χ0n) is 6.07. The van der Waals surface area contributed by atoms with E-state index in [2.05, 4.69) is 0 Å². The maximum Gasteiger partial charge on any atom is 0.218 e. The summed E-state index contributed by atoms with van der Waals surface area (Å²) in [5, 5.41) is 16.9. The summed E-state index contributed by atoms with van der Waals surface area (Å²) in [5.41, 5.74) is 0.0754. The number of carbonyl (C=O) groups is 1. The zero-order valence-corrected chi connectivity index (χ0v) is 6.07. The van der Waals surface area contributed by atoms with E-state index in [0.717, 1.165) is 12.1 Å². The molecule has 0 aliphatic rings. The van der Waals surface area contributed by atoms with Crippen LogP contribution in [0.2, 0.25) is 0 Å². The Kier molecular flexibility index (Phi) is 2.52. The lowest BCUT2D eigenvalue weighted by Crippen LogP contribution is -2.19. The van der Waals surface area contributed by atoms with Crippen LogP contribution in [0.15, 0.2) is 24.3 Å². The topological polar surface area (TPSA) is 57.5 Å². The Labute approximate surface area is 68.1 Å². The fourth-order valence-electron chi connectivity index (χ4n) is 0.763. The van der Waals surface area contributed by atoms with Gasteiger partial charge in [-0.05, 0) is 24.3 Å². The highest BCUT2D eigenvalue weighted by Gasteiger charge is 2.12. The quantitative estimate of drug-likeness (QED) is 0.496. The van der Waals surface area contributed by atoms with Crippen molar-refractivity contribution in [3.63, 3.8) is 0 Å². The standard InChI is InChI=1S/C8H7FO3/c9-6-3-1-5(2-4-6)7(10)8(11)12/h1-4,8,11-12H. The molecule has 1 aromatic carbocycles. The number of benzene rings is 1. The molecule has 0 fully saturated rings. The van der Waals surface area contributed by atoms with Gasteiger partial charge in [-0.15, -0.1) is 0 Å². The third-order valence-corrected chi connectivity index (χ3v) is 1.36. The first-order valence-corrected chi connectivity index (χ1v) is 3.27. The van der Waals surface area contributed by atoms with Gasteiger partial charge in [-0.1, -0.05) is 0 Å². The highest BCUT2D eigenvalue weighted by molar-refractivity contribution is 5.98. The molecule has 4 heteroatoms. The normalized spacial score (nSPS) is 10.3. The predicted octanol–water partition coefficient (Wildman–Crippen LogP) is 0.319. The van der Waals surface area contributed by atoms with Crippen molar-refractivity contribution in [1.82, 2.24) is 0 Å². The average molecular weight is 170 g/mol. The fraction of sp³-hybridized carbons (Fsp3) is 0.125. The Bertz CT molecular complexity index is 279. The minimum atomic E-state index is -2.03. The van der Waals surface area contributed by atoms with Gasteiger partial charge in [0.15, 0.2) is 0 Å². The fourth-order valence-corrected chi connectivity index (χ4v) is 0.763. The molecule has 0 unspecified atom stereocenters. The molecule has 0 heterocycles. The van der Waals surface area contributed by atoms with Crippen molar-refractivity contribution in [2.75, 3.05) is 0 Å². The van der Waals surface area contributed by atoms with Gasteiger partial charge in [0, 0.05) is 5.56 Å². The van der Waals surface area contributed by atoms with Crippen molar-refractivity contribution in [2.24, 2.45) is 0 Å². The number of halogens is 1. The number of Topliss-reactive ketones (excluding diaryl/α,β-unsaturated/α-hetero) is 1. The highest BCUT2D eigenvalue weighted by Crippen LogP contribution is 2.04. The van der Waals surface area contributed by atoms with Gasteiger partial charge < -0.3 is 10.2 Å². The Morgan fingerprint density at radius 3 is 2.17 bits per heavy atom. The van der Waals surface area contributed by atoms with Crippen LogP contribution in [0.3, 0.4) is 0 Å². The molecule has 0 aromatic heterocycles. The SMILES string of the molecule is O=C(c1ccc(F)cc1)C(O)O. The third-order valence-electron chi connectivity index (χ3n) is 1.36. The number of hydrogen-bond acceptors (Lipinski definition) is 3. The molecule has 3 nitrogen and oxygen atoms in total. The minimum Gasteiger partial charge on any atom is -0.362 e. The number of aliphatic hydroxyl groups is 2. The van der Waals surface area contributed by atoms with E-state index in [1.807, 2.05) is 0 Å². The van der Waals surface area contributed by atoms with E-state index in [4.69, 9.17) is 10.2 Å². The Morgan fingerprint density at radius 2 is 1.75 bits per heavy atom. The second-order valence-electron chi connectivity index (χ2n) is 2.24. The summed E-state index contributed by atoms with van der Waals surface area (Å²) in [7, 11) is 0. The summed E-state index contributed by atoms with van der Waals surface area (Å²) in [4.78, 5) is 10.8. The molecule has 64 valence electrons. The minimum absolute atomic E-state index is 0.0754. The second kappa shape index (κ2) is 3.42. The molecule has 0 atom stereocenters. The van der Waals surface area contributed by atoms with E-state index in [0.29, 0.717) is 0 Å². The molecule has 2 N–H and O–H groups in total. The van der Waals surface area contributed by atoms with Crippen molar-refractivity contribution in [3.8, 4) is 0 Å². The molecular formula is C8H7FO3. The summed E-state index contributed by atoms with van der Waals surface area (Å²) >= 11 is 0. The Balaban J connectivity index is 2.90. The van der Waals surface area contributed by atoms with E-state index >= 15 is 0 Å². The van der Waals surface area contributed by atoms with Crippen molar-refractivity contribution in [2.45, 2.75) is 6.29 Å². The van der Waals surface area contributed by atoms with Crippen LogP contribution in [0.4, 0.5) is 4.39 Å². The van der Waals surface area contributed by atoms with Crippen LogP contribution in [0, 0.1) is 5.82 Å². The smallest absolute Gasteiger partial charge is 0.218 e. The molecule has 0 saturated heterocycles. The van der Waals surface area contributed by atoms with Gasteiger partial charge in [0.05, 0.1) is 0 Å². The first-order chi connectivity index (χ1) is 5.61. The van der Waals surface area contributed by atoms with Crippen LogP contribution in [0.25, 0.3) is 0 Å². The monoisotopic (exact) mass is 170 g/mol. The van der Waals surface area contributed by atoms with Crippen LogP contribution in [-0.2, 0) is 0 Å². The van der Waals surface area contributed by atoms with Crippen molar-refractivity contribution in [1.29, 1.82) is 0 Å². The van der Waals surface area contributed by atoms with Crippen LogP contribution >= 0.6 is 0 Å². The maximum absolute atomic E-state index is 12.3. The molecule has 0 aliphatic heterocycles. The molecule has 0 spiro atoms. The lowest BCUT2D eigenvalue weighted by Gasteiger charge is -2.01. The number of aliphatic hydroxyl groups excluding tert-OH is 1. The molecule has 12 heavy (non-hydrogen) atoms. The molecule has 0 saturated carbocycles. The van der Waals surface area contributed by atoms with Crippen molar-refractivity contribution in [3.05, 3.63) is 35.6 Å². The molecular weight excluding hydrogens is 163 g/mol. The summed E-state index contributed by atoms with van der Waals surface area (Å²) in [6, 6.07) is 4.54. The van der Waals surface area contributed by atoms with Crippen LogP contribution < -0.4 is 0 Å². The lowest BCUT2D eigenvalue weighted by atomic mass is 10.1. The van der Waals surface area contributed by atoms with Gasteiger partial charge in [-0.2, -0.15) is 0 Å². The number of carbonyl (C=O) groups excluding carboxylic acids is 1. The number of ketones is 1. The van der Waals surface area contributed by atoms with E-state index in [1.54, 1.807) is 0 Å². The summed E-state index contributed by atoms with van der Waals surface area (Å²) < 4.78 is 12.3. The second-order valence-corrected chi connectivity index (χ2v) is 2.24. The van der Waals surface area contributed by atoms with E-state index < -0.39 is 17.9 Å². The van der Waals surface area contributed by atoms with Gasteiger partial charge in [0.25, 0.3) is 0 Å². The zero-order chi connectivity index (χ0) is 9.14. The highest BCUT2D eigenvalue weighted by atomic mass is 19.1. The van der Waals surface area contributed by atoms with Gasteiger partial charge >= 0.3 is 0 Å². The molecule has 0 amide bonds. The van der Waals surface area contributed by atoms with Gasteiger partial charge in [0.1, 0.15) is 5.82 Å². The van der Waals surface area contributed by atoms with E-state index in [1.165, 1.54) is 12.1 Å². The van der Waals surface area contributed by atoms with Gasteiger partial charge in [-0.3, -0.25) is 4.79 Å². The molecule has 0 radical (unpaired) electrons. The molecule has 0 bridgehead atoms. The first kappa shape index (κ1) is 8.83. The van der Waals surface area contributed by atoms with Crippen LogP contribution in [0.5, 0.6) is 0 Å². The number of hydrogen-bond donors (Lipinski definition) is 2. The van der Waals surface area contributed by atoms with Crippen molar-refractivity contribution < 1.29 is 19.4 Å². The van der Waals surface area contributed by atoms with E-state index in [-0.39, 0.29) is 5.56 Å². The van der Waals surface area contributed by atoms with Crippen molar-refractivity contribution >= 4 is 5.78 Å².